The summed E-state index contributed by atoms with van der Waals surface area (Å²) < 4.78 is 25.4. The van der Waals surface area contributed by atoms with Crippen molar-refractivity contribution >= 4 is 40.7 Å². The van der Waals surface area contributed by atoms with Crippen molar-refractivity contribution in [3.05, 3.63) is 91.0 Å². The summed E-state index contributed by atoms with van der Waals surface area (Å²) >= 11 is 0. The fraction of sp³-hybridized carbons (Fsp3) is 0.194. The van der Waals surface area contributed by atoms with Crippen molar-refractivity contribution in [3.63, 3.8) is 0 Å². The summed E-state index contributed by atoms with van der Waals surface area (Å²) in [7, 11) is -0.547. The minimum Gasteiger partial charge on any atom is -0.453 e. The summed E-state index contributed by atoms with van der Waals surface area (Å²) in [6, 6.07) is 30.1. The number of hydrogen-bond acceptors (Lipinski definition) is 6. The molecule has 3 heterocycles. The van der Waals surface area contributed by atoms with Gasteiger partial charge >= 0.3 is 7.12 Å². The lowest BCUT2D eigenvalue weighted by atomic mass is 9.78. The van der Waals surface area contributed by atoms with Gasteiger partial charge in [0, 0.05) is 11.3 Å². The number of para-hydroxylation sites is 6. The first-order valence-electron chi connectivity index (χ1n) is 12.8. The molecule has 38 heavy (non-hydrogen) atoms. The number of rotatable bonds is 3. The molecule has 188 valence electrons. The largest absolute Gasteiger partial charge is 0.494 e. The molecule has 0 unspecified atom stereocenters. The van der Waals surface area contributed by atoms with Gasteiger partial charge in [-0.3, -0.25) is 0 Å². The topological polar surface area (TPSA) is 57.0 Å². The Balaban J connectivity index is 1.44. The lowest BCUT2D eigenvalue weighted by Crippen LogP contribution is -2.41. The number of benzene rings is 4. The van der Waals surface area contributed by atoms with Crippen LogP contribution < -0.4 is 15.1 Å². The molecule has 1 aromatic heterocycles. The van der Waals surface area contributed by atoms with Crippen molar-refractivity contribution in [2.75, 3.05) is 4.90 Å². The fourth-order valence-electron chi connectivity index (χ4n) is 4.98. The van der Waals surface area contributed by atoms with Gasteiger partial charge in [-0.15, -0.1) is 0 Å². The van der Waals surface area contributed by atoms with E-state index >= 15 is 0 Å². The van der Waals surface area contributed by atoms with Gasteiger partial charge in [-0.05, 0) is 87.8 Å². The average Bonchev–Trinajstić information content (AvgIpc) is 3.44. The van der Waals surface area contributed by atoms with Crippen molar-refractivity contribution in [1.82, 2.24) is 4.98 Å². The van der Waals surface area contributed by atoms with Crippen LogP contribution in [0, 0.1) is 0 Å². The minimum absolute atomic E-state index is 0.469. The molecule has 1 saturated heterocycles. The van der Waals surface area contributed by atoms with E-state index in [1.165, 1.54) is 0 Å². The molecule has 7 heteroatoms. The lowest BCUT2D eigenvalue weighted by Gasteiger charge is -2.33. The van der Waals surface area contributed by atoms with Crippen LogP contribution in [0.1, 0.15) is 27.7 Å². The molecular formula is C31H27BN2O4. The van der Waals surface area contributed by atoms with Crippen LogP contribution in [0.25, 0.3) is 22.6 Å². The normalized spacial score (nSPS) is 17.3. The second-order valence-corrected chi connectivity index (χ2v) is 10.8. The molecule has 1 fully saturated rings. The Bertz CT molecular complexity index is 1600. The van der Waals surface area contributed by atoms with Gasteiger partial charge in [0.05, 0.1) is 22.6 Å². The number of aromatic nitrogens is 1. The van der Waals surface area contributed by atoms with E-state index in [0.29, 0.717) is 5.89 Å². The Morgan fingerprint density at radius 3 is 1.97 bits per heavy atom. The molecule has 0 atom stereocenters. The first-order valence-corrected chi connectivity index (χ1v) is 12.8. The van der Waals surface area contributed by atoms with Gasteiger partial charge in [-0.2, -0.15) is 0 Å². The molecule has 7 rings (SSSR count). The number of hydrogen-bond donors (Lipinski definition) is 0. The molecule has 6 nitrogen and oxygen atoms in total. The second-order valence-electron chi connectivity index (χ2n) is 10.8. The smallest absolute Gasteiger partial charge is 0.453 e. The quantitative estimate of drug-likeness (QED) is 0.236. The highest BCUT2D eigenvalue weighted by Crippen LogP contribution is 2.50. The van der Waals surface area contributed by atoms with Crippen molar-refractivity contribution in [2.24, 2.45) is 0 Å². The standard InChI is InChI=1S/C31H27BN2O4/c1-30(2)31(3,4)38-32(37-30)21-17-20(29-33-23-11-5-8-14-26(23)36-29)18-22(19-21)34-24-12-6-9-15-27(24)35-28-16-10-7-13-25(28)34/h5-19H,1-4H3. The van der Waals surface area contributed by atoms with Crippen molar-refractivity contribution in [2.45, 2.75) is 38.9 Å². The van der Waals surface area contributed by atoms with Crippen molar-refractivity contribution < 1.29 is 18.5 Å². The Morgan fingerprint density at radius 1 is 0.711 bits per heavy atom. The molecule has 0 amide bonds. The van der Waals surface area contributed by atoms with E-state index in [2.05, 4.69) is 62.9 Å². The molecule has 0 N–H and O–H groups in total. The van der Waals surface area contributed by atoms with Gasteiger partial charge < -0.3 is 23.4 Å². The van der Waals surface area contributed by atoms with Crippen LogP contribution in [-0.2, 0) is 9.31 Å². The molecule has 4 aromatic carbocycles. The van der Waals surface area contributed by atoms with Gasteiger partial charge in [-0.1, -0.05) is 36.4 Å². The summed E-state index contributed by atoms with van der Waals surface area (Å²) in [4.78, 5) is 6.99. The highest BCUT2D eigenvalue weighted by molar-refractivity contribution is 6.62. The van der Waals surface area contributed by atoms with Crippen molar-refractivity contribution in [1.29, 1.82) is 0 Å². The van der Waals surface area contributed by atoms with E-state index in [9.17, 15) is 0 Å². The molecule has 0 radical (unpaired) electrons. The number of fused-ring (bicyclic) bond motifs is 3. The SMILES string of the molecule is CC1(C)OB(c2cc(-c3nc4ccccc4o3)cc(N3c4ccccc4Oc4ccccc43)c2)OC1(C)C. The average molecular weight is 502 g/mol. The number of oxazole rings is 1. The maximum atomic E-state index is 6.46. The first-order chi connectivity index (χ1) is 18.3. The zero-order valence-corrected chi connectivity index (χ0v) is 21.8. The first kappa shape index (κ1) is 23.1. The monoisotopic (exact) mass is 502 g/mol. The highest BCUT2D eigenvalue weighted by atomic mass is 16.7. The molecule has 0 spiro atoms. The number of anilines is 3. The summed E-state index contributed by atoms with van der Waals surface area (Å²) in [5, 5.41) is 0. The zero-order chi connectivity index (χ0) is 26.1. The van der Waals surface area contributed by atoms with E-state index in [1.54, 1.807) is 0 Å². The van der Waals surface area contributed by atoms with Crippen LogP contribution in [0.15, 0.2) is 95.4 Å². The van der Waals surface area contributed by atoms with E-state index in [0.717, 1.165) is 50.7 Å². The predicted octanol–water partition coefficient (Wildman–Crippen LogP) is 7.37. The van der Waals surface area contributed by atoms with Gasteiger partial charge in [0.1, 0.15) is 5.52 Å². The van der Waals surface area contributed by atoms with Gasteiger partial charge in [-0.25, -0.2) is 4.98 Å². The Labute approximate surface area is 221 Å². The third-order valence-electron chi connectivity index (χ3n) is 7.70. The van der Waals surface area contributed by atoms with Crippen LogP contribution in [-0.4, -0.2) is 23.3 Å². The summed E-state index contributed by atoms with van der Waals surface area (Å²) in [5.41, 5.74) is 5.16. The summed E-state index contributed by atoms with van der Waals surface area (Å²) in [5.74, 6) is 2.12. The van der Waals surface area contributed by atoms with Crippen LogP contribution in [0.4, 0.5) is 17.1 Å². The molecular weight excluding hydrogens is 475 g/mol. The molecule has 2 aliphatic rings. The van der Waals surface area contributed by atoms with Crippen LogP contribution >= 0.6 is 0 Å². The molecule has 5 aromatic rings. The van der Waals surface area contributed by atoms with E-state index in [4.69, 9.17) is 23.4 Å². The minimum atomic E-state index is -0.547. The van der Waals surface area contributed by atoms with Crippen molar-refractivity contribution in [3.8, 4) is 23.0 Å². The Morgan fingerprint density at radius 2 is 1.32 bits per heavy atom. The molecule has 0 aliphatic carbocycles. The van der Waals surface area contributed by atoms with Gasteiger partial charge in [0.25, 0.3) is 0 Å². The van der Waals surface area contributed by atoms with E-state index in [-0.39, 0.29) is 0 Å². The molecule has 0 saturated carbocycles. The lowest BCUT2D eigenvalue weighted by molar-refractivity contribution is 0.00578. The fourth-order valence-corrected chi connectivity index (χ4v) is 4.98. The zero-order valence-electron chi connectivity index (χ0n) is 21.8. The maximum Gasteiger partial charge on any atom is 0.494 e. The second kappa shape index (κ2) is 8.22. The number of ether oxygens (including phenoxy) is 1. The van der Waals surface area contributed by atoms with Crippen LogP contribution in [0.5, 0.6) is 11.5 Å². The maximum absolute atomic E-state index is 6.46. The highest BCUT2D eigenvalue weighted by Gasteiger charge is 2.52. The number of nitrogens with zero attached hydrogens (tertiary/aromatic N) is 2. The molecule has 2 aliphatic heterocycles. The third kappa shape index (κ3) is 3.62. The van der Waals surface area contributed by atoms with Crippen LogP contribution in [0.2, 0.25) is 0 Å². The molecule has 0 bridgehead atoms. The van der Waals surface area contributed by atoms with Gasteiger partial charge in [0.15, 0.2) is 17.1 Å². The predicted molar refractivity (Wildman–Crippen MR) is 150 cm³/mol. The van der Waals surface area contributed by atoms with E-state index in [1.807, 2.05) is 60.7 Å². The summed E-state index contributed by atoms with van der Waals surface area (Å²) in [6.45, 7) is 8.25. The van der Waals surface area contributed by atoms with E-state index < -0.39 is 18.3 Å². The Kier molecular flexibility index (Phi) is 4.99. The van der Waals surface area contributed by atoms with Gasteiger partial charge in [0.2, 0.25) is 5.89 Å². The Hall–Kier alpha value is -4.07. The third-order valence-corrected chi connectivity index (χ3v) is 7.70. The van der Waals surface area contributed by atoms with Crippen LogP contribution in [0.3, 0.4) is 0 Å². The summed E-state index contributed by atoms with van der Waals surface area (Å²) in [6.07, 6.45) is 0.